The molecule has 0 fully saturated rings. The number of benzene rings is 1. The zero-order chi connectivity index (χ0) is 13.2. The molecule has 1 atom stereocenters. The predicted octanol–water partition coefficient (Wildman–Crippen LogP) is 3.02. The van der Waals surface area contributed by atoms with Gasteiger partial charge in [-0.2, -0.15) is 5.10 Å². The van der Waals surface area contributed by atoms with Crippen molar-refractivity contribution < 1.29 is 0 Å². The number of hydrogen-bond acceptors (Lipinski definition) is 2. The molecule has 2 aromatic rings. The van der Waals surface area contributed by atoms with Gasteiger partial charge < -0.3 is 5.32 Å². The maximum atomic E-state index is 4.01. The summed E-state index contributed by atoms with van der Waals surface area (Å²) in [4.78, 5) is 0. The van der Waals surface area contributed by atoms with Gasteiger partial charge in [-0.25, -0.2) is 0 Å². The van der Waals surface area contributed by atoms with Crippen molar-refractivity contribution in [3.05, 3.63) is 53.3 Å². The van der Waals surface area contributed by atoms with Crippen molar-refractivity contribution in [1.82, 2.24) is 15.5 Å². The molecule has 1 heterocycles. The highest BCUT2D eigenvalue weighted by atomic mass is 15.1. The first-order valence-electron chi connectivity index (χ1n) is 6.29. The zero-order valence-corrected chi connectivity index (χ0v) is 11.5. The minimum Gasteiger partial charge on any atom is -0.308 e. The maximum Gasteiger partial charge on any atom is 0.0743 e. The summed E-state index contributed by atoms with van der Waals surface area (Å²) in [6.07, 6.45) is 1.78. The number of aromatic nitrogens is 2. The first kappa shape index (κ1) is 12.8. The Bertz CT molecular complexity index is 477. The number of nitrogens with one attached hydrogen (secondary N) is 2. The van der Waals surface area contributed by atoms with Crippen LogP contribution in [-0.4, -0.2) is 17.2 Å². The van der Waals surface area contributed by atoms with E-state index in [2.05, 4.69) is 60.6 Å². The molecule has 0 radical (unpaired) electrons. The minimum atomic E-state index is 0.168. The van der Waals surface area contributed by atoms with Crippen molar-refractivity contribution in [3.63, 3.8) is 0 Å². The van der Waals surface area contributed by atoms with Gasteiger partial charge in [-0.1, -0.05) is 45.0 Å². The molecule has 18 heavy (non-hydrogen) atoms. The molecule has 3 nitrogen and oxygen atoms in total. The van der Waals surface area contributed by atoms with E-state index in [0.717, 1.165) is 5.69 Å². The topological polar surface area (TPSA) is 40.7 Å². The molecule has 0 spiro atoms. The first-order chi connectivity index (χ1) is 8.52. The van der Waals surface area contributed by atoms with Crippen LogP contribution in [-0.2, 0) is 5.41 Å². The summed E-state index contributed by atoms with van der Waals surface area (Å²) in [6.45, 7) is 6.69. The molecule has 0 saturated heterocycles. The van der Waals surface area contributed by atoms with E-state index in [1.54, 1.807) is 6.20 Å². The molecule has 3 heteroatoms. The second-order valence-electron chi connectivity index (χ2n) is 5.61. The van der Waals surface area contributed by atoms with E-state index in [1.165, 1.54) is 11.1 Å². The number of aromatic amines is 1. The number of H-pyrrole nitrogens is 1. The fraction of sp³-hybridized carbons (Fsp3) is 0.400. The van der Waals surface area contributed by atoms with Crippen molar-refractivity contribution in [2.75, 3.05) is 7.05 Å². The number of rotatable bonds is 3. The second-order valence-corrected chi connectivity index (χ2v) is 5.61. The molecule has 0 aliphatic rings. The maximum absolute atomic E-state index is 4.01. The Morgan fingerprint density at radius 2 is 1.78 bits per heavy atom. The van der Waals surface area contributed by atoms with Crippen LogP contribution < -0.4 is 5.32 Å². The van der Waals surface area contributed by atoms with Crippen LogP contribution in [0.25, 0.3) is 0 Å². The first-order valence-corrected chi connectivity index (χ1v) is 6.29. The summed E-state index contributed by atoms with van der Waals surface area (Å²) in [5.74, 6) is 0. The van der Waals surface area contributed by atoms with Gasteiger partial charge in [-0.05, 0) is 29.7 Å². The smallest absolute Gasteiger partial charge is 0.0743 e. The Morgan fingerprint density at radius 3 is 2.22 bits per heavy atom. The Morgan fingerprint density at radius 1 is 1.11 bits per heavy atom. The molecule has 1 unspecified atom stereocenters. The SMILES string of the molecule is CNC(c1ccc(C(C)(C)C)cc1)c1ccn[nH]1. The van der Waals surface area contributed by atoms with Crippen molar-refractivity contribution in [2.45, 2.75) is 32.2 Å². The highest BCUT2D eigenvalue weighted by Crippen LogP contribution is 2.25. The third kappa shape index (κ3) is 2.62. The van der Waals surface area contributed by atoms with E-state index in [-0.39, 0.29) is 11.5 Å². The molecule has 1 aromatic heterocycles. The normalized spacial score (nSPS) is 13.6. The number of hydrogen-bond donors (Lipinski definition) is 2. The molecular weight excluding hydrogens is 222 g/mol. The van der Waals surface area contributed by atoms with Gasteiger partial charge in [0.2, 0.25) is 0 Å². The lowest BCUT2D eigenvalue weighted by molar-refractivity contribution is 0.588. The lowest BCUT2D eigenvalue weighted by Gasteiger charge is -2.21. The van der Waals surface area contributed by atoms with E-state index < -0.39 is 0 Å². The summed E-state index contributed by atoms with van der Waals surface area (Å²) in [6, 6.07) is 10.9. The van der Waals surface area contributed by atoms with E-state index in [4.69, 9.17) is 0 Å². The third-order valence-corrected chi connectivity index (χ3v) is 3.23. The monoisotopic (exact) mass is 243 g/mol. The van der Waals surface area contributed by atoms with Crippen LogP contribution in [0.5, 0.6) is 0 Å². The largest absolute Gasteiger partial charge is 0.308 e. The van der Waals surface area contributed by atoms with Crippen LogP contribution in [0.4, 0.5) is 0 Å². The van der Waals surface area contributed by atoms with Gasteiger partial charge in [0, 0.05) is 6.20 Å². The quantitative estimate of drug-likeness (QED) is 0.870. The lowest BCUT2D eigenvalue weighted by atomic mass is 9.86. The summed E-state index contributed by atoms with van der Waals surface area (Å²) in [5.41, 5.74) is 3.88. The fourth-order valence-electron chi connectivity index (χ4n) is 2.10. The molecule has 0 aliphatic heterocycles. The highest BCUT2D eigenvalue weighted by molar-refractivity contribution is 5.32. The Balaban J connectivity index is 2.28. The van der Waals surface area contributed by atoms with Crippen molar-refractivity contribution in [2.24, 2.45) is 0 Å². The lowest BCUT2D eigenvalue weighted by Crippen LogP contribution is -2.18. The summed E-state index contributed by atoms with van der Waals surface area (Å²) in [7, 11) is 1.96. The minimum absolute atomic E-state index is 0.168. The molecule has 0 bridgehead atoms. The zero-order valence-electron chi connectivity index (χ0n) is 11.5. The van der Waals surface area contributed by atoms with Crippen LogP contribution in [0.2, 0.25) is 0 Å². The van der Waals surface area contributed by atoms with E-state index >= 15 is 0 Å². The Labute approximate surface area is 109 Å². The molecule has 0 aliphatic carbocycles. The summed E-state index contributed by atoms with van der Waals surface area (Å²) in [5, 5.41) is 10.3. The Hall–Kier alpha value is -1.61. The average Bonchev–Trinajstić information content (AvgIpc) is 2.83. The van der Waals surface area contributed by atoms with Crippen LogP contribution >= 0.6 is 0 Å². The summed E-state index contributed by atoms with van der Waals surface area (Å²) < 4.78 is 0. The molecular formula is C15H21N3. The average molecular weight is 243 g/mol. The van der Waals surface area contributed by atoms with E-state index in [1.807, 2.05) is 13.1 Å². The molecule has 1 aromatic carbocycles. The van der Waals surface area contributed by atoms with E-state index in [0.29, 0.717) is 0 Å². The van der Waals surface area contributed by atoms with E-state index in [9.17, 15) is 0 Å². The Kier molecular flexibility index (Phi) is 3.53. The fourth-order valence-corrected chi connectivity index (χ4v) is 2.10. The van der Waals surface area contributed by atoms with Crippen molar-refractivity contribution in [3.8, 4) is 0 Å². The van der Waals surface area contributed by atoms with Crippen LogP contribution in [0, 0.1) is 0 Å². The van der Waals surface area contributed by atoms with Gasteiger partial charge in [0.15, 0.2) is 0 Å². The summed E-state index contributed by atoms with van der Waals surface area (Å²) >= 11 is 0. The molecule has 2 rings (SSSR count). The van der Waals surface area contributed by atoms with Crippen molar-refractivity contribution >= 4 is 0 Å². The molecule has 0 saturated carbocycles. The van der Waals surface area contributed by atoms with Crippen LogP contribution in [0.1, 0.15) is 43.6 Å². The van der Waals surface area contributed by atoms with Gasteiger partial charge in [0.1, 0.15) is 0 Å². The molecule has 2 N–H and O–H groups in total. The van der Waals surface area contributed by atoms with Gasteiger partial charge in [-0.3, -0.25) is 5.10 Å². The van der Waals surface area contributed by atoms with Crippen LogP contribution in [0.15, 0.2) is 36.5 Å². The third-order valence-electron chi connectivity index (χ3n) is 3.23. The predicted molar refractivity (Wildman–Crippen MR) is 74.6 cm³/mol. The second kappa shape index (κ2) is 4.94. The standard InChI is InChI=1S/C15H21N3/c1-15(2,3)12-7-5-11(6-8-12)14(16-4)13-9-10-17-18-13/h5-10,14,16H,1-4H3,(H,17,18). The molecule has 96 valence electrons. The van der Waals surface area contributed by atoms with Crippen LogP contribution in [0.3, 0.4) is 0 Å². The number of nitrogens with zero attached hydrogens (tertiary/aromatic N) is 1. The van der Waals surface area contributed by atoms with Gasteiger partial charge in [0.05, 0.1) is 11.7 Å². The highest BCUT2D eigenvalue weighted by Gasteiger charge is 2.16. The van der Waals surface area contributed by atoms with Gasteiger partial charge in [-0.15, -0.1) is 0 Å². The van der Waals surface area contributed by atoms with Crippen molar-refractivity contribution in [1.29, 1.82) is 0 Å². The van der Waals surface area contributed by atoms with Gasteiger partial charge >= 0.3 is 0 Å². The van der Waals surface area contributed by atoms with Gasteiger partial charge in [0.25, 0.3) is 0 Å². The molecule has 0 amide bonds.